The van der Waals surface area contributed by atoms with Gasteiger partial charge in [-0.05, 0) is 13.8 Å². The van der Waals surface area contributed by atoms with E-state index in [4.69, 9.17) is 0 Å². The summed E-state index contributed by atoms with van der Waals surface area (Å²) < 4.78 is 6.47. The van der Waals surface area contributed by atoms with Crippen LogP contribution >= 0.6 is 11.3 Å². The third-order valence-electron chi connectivity index (χ3n) is 2.62. The lowest BCUT2D eigenvalue weighted by atomic mass is 10.2. The molecule has 0 radical (unpaired) electrons. The summed E-state index contributed by atoms with van der Waals surface area (Å²) in [6, 6.07) is 0. The molecule has 0 aliphatic rings. The van der Waals surface area contributed by atoms with Crippen molar-refractivity contribution in [2.24, 2.45) is 7.05 Å². The highest BCUT2D eigenvalue weighted by molar-refractivity contribution is 7.16. The highest BCUT2D eigenvalue weighted by Crippen LogP contribution is 2.30. The fourth-order valence-corrected chi connectivity index (χ4v) is 2.65. The molecule has 0 spiro atoms. The molecule has 2 aromatic rings. The van der Waals surface area contributed by atoms with E-state index in [0.29, 0.717) is 4.88 Å². The number of ether oxygens (including phenoxy) is 1. The van der Waals surface area contributed by atoms with Crippen LogP contribution in [0.25, 0.3) is 10.6 Å². The molecule has 0 atom stereocenters. The second-order valence-electron chi connectivity index (χ2n) is 3.69. The number of carbonyl (C=O) groups is 1. The predicted molar refractivity (Wildman–Crippen MR) is 65.1 cm³/mol. The van der Waals surface area contributed by atoms with Crippen LogP contribution in [-0.2, 0) is 11.8 Å². The fourth-order valence-electron chi connectivity index (χ4n) is 1.67. The molecule has 2 heterocycles. The molecule has 0 unspecified atom stereocenters. The van der Waals surface area contributed by atoms with Gasteiger partial charge < -0.3 is 4.74 Å². The van der Waals surface area contributed by atoms with Crippen LogP contribution in [0.4, 0.5) is 0 Å². The van der Waals surface area contributed by atoms with Crippen LogP contribution in [0.1, 0.15) is 21.1 Å². The summed E-state index contributed by atoms with van der Waals surface area (Å²) in [6.07, 6.45) is 1.54. The Morgan fingerprint density at radius 3 is 2.71 bits per heavy atom. The zero-order valence-corrected chi connectivity index (χ0v) is 11.0. The first-order chi connectivity index (χ1) is 8.04. The smallest absolute Gasteiger partial charge is 0.349 e. The van der Waals surface area contributed by atoms with Gasteiger partial charge in [0.2, 0.25) is 0 Å². The van der Waals surface area contributed by atoms with E-state index in [2.05, 4.69) is 14.8 Å². The van der Waals surface area contributed by atoms with Crippen molar-refractivity contribution in [2.75, 3.05) is 7.11 Å². The van der Waals surface area contributed by atoms with Crippen molar-refractivity contribution in [1.82, 2.24) is 14.8 Å². The van der Waals surface area contributed by atoms with Crippen LogP contribution in [-0.4, -0.2) is 27.8 Å². The Bertz CT molecular complexity index is 571. The summed E-state index contributed by atoms with van der Waals surface area (Å²) >= 11 is 1.32. The zero-order chi connectivity index (χ0) is 12.6. The van der Waals surface area contributed by atoms with E-state index in [1.165, 1.54) is 24.6 Å². The van der Waals surface area contributed by atoms with Gasteiger partial charge >= 0.3 is 5.97 Å². The third kappa shape index (κ3) is 1.95. The standard InChI is InChI=1S/C11H13N3O2S/c1-6-9(7(2)14(3)13-6)10-12-5-8(17-10)11(15)16-4/h5H,1-4H3. The summed E-state index contributed by atoms with van der Waals surface area (Å²) in [7, 11) is 3.25. The molecule has 0 bridgehead atoms. The lowest BCUT2D eigenvalue weighted by molar-refractivity contribution is 0.0606. The molecule has 0 fully saturated rings. The molecule has 0 aliphatic heterocycles. The van der Waals surface area contributed by atoms with Gasteiger partial charge in [0.05, 0.1) is 24.6 Å². The predicted octanol–water partition coefficient (Wildman–Crippen LogP) is 1.95. The second kappa shape index (κ2) is 4.29. The number of aryl methyl sites for hydroxylation is 2. The third-order valence-corrected chi connectivity index (χ3v) is 3.61. The monoisotopic (exact) mass is 251 g/mol. The van der Waals surface area contributed by atoms with E-state index >= 15 is 0 Å². The number of hydrogen-bond donors (Lipinski definition) is 0. The average Bonchev–Trinajstić information content (AvgIpc) is 2.85. The van der Waals surface area contributed by atoms with Crippen molar-refractivity contribution in [3.63, 3.8) is 0 Å². The van der Waals surface area contributed by atoms with Crippen LogP contribution in [0.15, 0.2) is 6.20 Å². The van der Waals surface area contributed by atoms with Crippen molar-refractivity contribution in [3.8, 4) is 10.6 Å². The number of esters is 1. The van der Waals surface area contributed by atoms with Crippen molar-refractivity contribution in [2.45, 2.75) is 13.8 Å². The summed E-state index contributed by atoms with van der Waals surface area (Å²) in [6.45, 7) is 3.91. The average molecular weight is 251 g/mol. The van der Waals surface area contributed by atoms with Crippen molar-refractivity contribution < 1.29 is 9.53 Å². The highest BCUT2D eigenvalue weighted by Gasteiger charge is 2.17. The maximum atomic E-state index is 11.4. The molecular weight excluding hydrogens is 238 g/mol. The Morgan fingerprint density at radius 2 is 2.18 bits per heavy atom. The molecule has 0 aliphatic carbocycles. The minimum absolute atomic E-state index is 0.354. The summed E-state index contributed by atoms with van der Waals surface area (Å²) in [5.41, 5.74) is 2.94. The molecule has 90 valence electrons. The van der Waals surface area contributed by atoms with E-state index in [1.807, 2.05) is 25.6 Å². The molecular formula is C11H13N3O2S. The largest absolute Gasteiger partial charge is 0.465 e. The quantitative estimate of drug-likeness (QED) is 0.765. The number of rotatable bonds is 2. The van der Waals surface area contributed by atoms with Crippen LogP contribution in [0.2, 0.25) is 0 Å². The maximum Gasteiger partial charge on any atom is 0.349 e. The van der Waals surface area contributed by atoms with Gasteiger partial charge in [-0.15, -0.1) is 11.3 Å². The zero-order valence-electron chi connectivity index (χ0n) is 10.1. The first-order valence-corrected chi connectivity index (χ1v) is 5.91. The number of carbonyl (C=O) groups excluding carboxylic acids is 1. The highest BCUT2D eigenvalue weighted by atomic mass is 32.1. The molecule has 6 heteroatoms. The molecule has 0 saturated carbocycles. The molecule has 2 rings (SSSR count). The Morgan fingerprint density at radius 1 is 1.47 bits per heavy atom. The van der Waals surface area contributed by atoms with Crippen molar-refractivity contribution in [3.05, 3.63) is 22.5 Å². The van der Waals surface area contributed by atoms with Gasteiger partial charge in [-0.25, -0.2) is 9.78 Å². The van der Waals surface area contributed by atoms with Crippen LogP contribution < -0.4 is 0 Å². The topological polar surface area (TPSA) is 57.0 Å². The number of nitrogens with zero attached hydrogens (tertiary/aromatic N) is 3. The Labute approximate surface area is 103 Å². The summed E-state index contributed by atoms with van der Waals surface area (Å²) in [5, 5.41) is 5.13. The van der Waals surface area contributed by atoms with E-state index < -0.39 is 0 Å². The summed E-state index contributed by atoms with van der Waals surface area (Å²) in [4.78, 5) is 16.1. The number of hydrogen-bond acceptors (Lipinski definition) is 5. The van der Waals surface area contributed by atoms with Crippen LogP contribution in [0.5, 0.6) is 0 Å². The van der Waals surface area contributed by atoms with Crippen molar-refractivity contribution in [1.29, 1.82) is 0 Å². The molecule has 0 amide bonds. The molecule has 5 nitrogen and oxygen atoms in total. The van der Waals surface area contributed by atoms with Gasteiger partial charge in [0, 0.05) is 12.7 Å². The van der Waals surface area contributed by atoms with Gasteiger partial charge in [0.25, 0.3) is 0 Å². The minimum atomic E-state index is -0.354. The first-order valence-electron chi connectivity index (χ1n) is 5.09. The molecule has 0 aromatic carbocycles. The molecule has 0 N–H and O–H groups in total. The first kappa shape index (κ1) is 11.8. The fraction of sp³-hybridized carbons (Fsp3) is 0.364. The minimum Gasteiger partial charge on any atom is -0.465 e. The Balaban J connectivity index is 2.47. The van der Waals surface area contributed by atoms with Gasteiger partial charge in [-0.3, -0.25) is 4.68 Å². The van der Waals surface area contributed by atoms with E-state index in [9.17, 15) is 4.79 Å². The van der Waals surface area contributed by atoms with E-state index in [-0.39, 0.29) is 5.97 Å². The second-order valence-corrected chi connectivity index (χ2v) is 4.72. The molecule has 2 aromatic heterocycles. The van der Waals surface area contributed by atoms with Crippen molar-refractivity contribution >= 4 is 17.3 Å². The van der Waals surface area contributed by atoms with Gasteiger partial charge in [-0.2, -0.15) is 5.10 Å². The van der Waals surface area contributed by atoms with E-state index in [1.54, 1.807) is 0 Å². The normalized spacial score (nSPS) is 10.6. The van der Waals surface area contributed by atoms with Crippen LogP contribution in [0, 0.1) is 13.8 Å². The van der Waals surface area contributed by atoms with Gasteiger partial charge in [-0.1, -0.05) is 0 Å². The number of aromatic nitrogens is 3. The SMILES string of the molecule is COC(=O)c1cnc(-c2c(C)nn(C)c2C)s1. The Hall–Kier alpha value is -1.69. The van der Waals surface area contributed by atoms with E-state index in [0.717, 1.165) is 22.0 Å². The molecule has 17 heavy (non-hydrogen) atoms. The maximum absolute atomic E-state index is 11.4. The summed E-state index contributed by atoms with van der Waals surface area (Å²) in [5.74, 6) is -0.354. The number of methoxy groups -OCH3 is 1. The molecule has 0 saturated heterocycles. The number of thiazole rings is 1. The lowest BCUT2D eigenvalue weighted by Gasteiger charge is -1.96. The lowest BCUT2D eigenvalue weighted by Crippen LogP contribution is -1.96. The van der Waals surface area contributed by atoms with Gasteiger partial charge in [0.1, 0.15) is 9.88 Å². The Kier molecular flexibility index (Phi) is 2.97. The van der Waals surface area contributed by atoms with Gasteiger partial charge in [0.15, 0.2) is 0 Å². The van der Waals surface area contributed by atoms with Crippen LogP contribution in [0.3, 0.4) is 0 Å².